The number of fused-ring (bicyclic) bond motifs is 1. The average Bonchev–Trinajstić information content (AvgIpc) is 3.11. The third-order valence-electron chi connectivity index (χ3n) is 3.88. The molecule has 138 valence electrons. The highest BCUT2D eigenvalue weighted by molar-refractivity contribution is 7.91. The summed E-state index contributed by atoms with van der Waals surface area (Å²) in [7, 11) is -3.66. The summed E-state index contributed by atoms with van der Waals surface area (Å²) in [6.07, 6.45) is -0.123. The molecule has 2 amide bonds. The van der Waals surface area contributed by atoms with E-state index in [1.54, 1.807) is 13.0 Å². The monoisotopic (exact) mass is 394 g/mol. The third kappa shape index (κ3) is 4.23. The molecule has 0 radical (unpaired) electrons. The van der Waals surface area contributed by atoms with E-state index in [1.807, 2.05) is 17.5 Å². The fraction of sp³-hybridized carbons (Fsp3) is 0.294. The summed E-state index contributed by atoms with van der Waals surface area (Å²) >= 11 is 1.52. The molecule has 0 spiro atoms. The quantitative estimate of drug-likeness (QED) is 0.779. The number of benzene rings is 1. The fourth-order valence-electron chi connectivity index (χ4n) is 2.58. The molecule has 2 N–H and O–H groups in total. The first-order valence-electron chi connectivity index (χ1n) is 7.94. The molecule has 26 heavy (non-hydrogen) atoms. The van der Waals surface area contributed by atoms with Gasteiger partial charge in [0.15, 0.2) is 16.4 Å². The zero-order valence-electron chi connectivity index (χ0n) is 14.1. The first-order chi connectivity index (χ1) is 12.3. The van der Waals surface area contributed by atoms with Crippen LogP contribution in [0.5, 0.6) is 5.75 Å². The maximum absolute atomic E-state index is 12.6. The van der Waals surface area contributed by atoms with E-state index in [0.717, 1.165) is 4.88 Å². The molecule has 1 aliphatic heterocycles. The maximum Gasteiger partial charge on any atom is 0.262 e. The Labute approximate surface area is 155 Å². The van der Waals surface area contributed by atoms with Gasteiger partial charge in [0.1, 0.15) is 5.75 Å². The number of carbonyl (C=O) groups is 2. The standard InChI is InChI=1S/C17H18N2O5S2/c1-11-7-13-14(24-10-17(21)19-13)8-15(11)26(22,23)6-4-16(20)18-9-12-3-2-5-25-12/h2-3,5,7-8H,4,6,9-10H2,1H3,(H,18,20)(H,19,21). The summed E-state index contributed by atoms with van der Waals surface area (Å²) in [5.41, 5.74) is 0.944. The minimum absolute atomic E-state index is 0.110. The normalized spacial score (nSPS) is 13.5. The number of carbonyl (C=O) groups excluding carboxylic acids is 2. The molecule has 0 saturated heterocycles. The first-order valence-corrected chi connectivity index (χ1v) is 10.5. The predicted molar refractivity (Wildman–Crippen MR) is 98.1 cm³/mol. The summed E-state index contributed by atoms with van der Waals surface area (Å²) in [6, 6.07) is 6.76. The summed E-state index contributed by atoms with van der Waals surface area (Å²) in [5.74, 6) is -0.582. The number of ether oxygens (including phenoxy) is 1. The number of sulfone groups is 1. The fourth-order valence-corrected chi connectivity index (χ4v) is 4.73. The van der Waals surface area contributed by atoms with Crippen LogP contribution in [0, 0.1) is 6.92 Å². The second-order valence-electron chi connectivity index (χ2n) is 5.88. The molecule has 3 rings (SSSR count). The largest absolute Gasteiger partial charge is 0.482 e. The van der Waals surface area contributed by atoms with Crippen LogP contribution >= 0.6 is 11.3 Å². The van der Waals surface area contributed by atoms with Crippen LogP contribution in [-0.4, -0.2) is 32.6 Å². The minimum atomic E-state index is -3.66. The Kier molecular flexibility index (Phi) is 5.28. The lowest BCUT2D eigenvalue weighted by atomic mass is 10.2. The van der Waals surface area contributed by atoms with Gasteiger partial charge in [0.2, 0.25) is 5.91 Å². The Balaban J connectivity index is 1.66. The van der Waals surface area contributed by atoms with E-state index in [2.05, 4.69) is 10.6 Å². The van der Waals surface area contributed by atoms with Crippen molar-refractivity contribution in [2.45, 2.75) is 24.8 Å². The molecule has 2 aromatic rings. The Bertz CT molecular complexity index is 936. The lowest BCUT2D eigenvalue weighted by Gasteiger charge is -2.20. The SMILES string of the molecule is Cc1cc2c(cc1S(=O)(=O)CCC(=O)NCc1cccs1)OCC(=O)N2. The van der Waals surface area contributed by atoms with E-state index in [4.69, 9.17) is 4.74 Å². The number of anilines is 1. The van der Waals surface area contributed by atoms with Crippen molar-refractivity contribution in [3.05, 3.63) is 40.1 Å². The summed E-state index contributed by atoms with van der Waals surface area (Å²) in [6.45, 7) is 1.88. The number of rotatable bonds is 6. The van der Waals surface area contributed by atoms with Crippen molar-refractivity contribution in [3.63, 3.8) is 0 Å². The number of amides is 2. The van der Waals surface area contributed by atoms with E-state index in [9.17, 15) is 18.0 Å². The zero-order chi connectivity index (χ0) is 18.7. The molecule has 0 saturated carbocycles. The molecular weight excluding hydrogens is 376 g/mol. The highest BCUT2D eigenvalue weighted by Gasteiger charge is 2.24. The topological polar surface area (TPSA) is 102 Å². The van der Waals surface area contributed by atoms with Crippen molar-refractivity contribution in [1.82, 2.24) is 5.32 Å². The van der Waals surface area contributed by atoms with Crippen LogP contribution in [0.15, 0.2) is 34.5 Å². The second-order valence-corrected chi connectivity index (χ2v) is 8.99. The van der Waals surface area contributed by atoms with Gasteiger partial charge in [0, 0.05) is 17.4 Å². The van der Waals surface area contributed by atoms with E-state index < -0.39 is 9.84 Å². The minimum Gasteiger partial charge on any atom is -0.482 e. The van der Waals surface area contributed by atoms with Gasteiger partial charge in [0.25, 0.3) is 5.91 Å². The highest BCUT2D eigenvalue weighted by atomic mass is 32.2. The predicted octanol–water partition coefficient (Wildman–Crippen LogP) is 1.87. The van der Waals surface area contributed by atoms with E-state index in [1.165, 1.54) is 17.4 Å². The number of hydrogen-bond donors (Lipinski definition) is 2. The number of nitrogens with one attached hydrogen (secondary N) is 2. The third-order valence-corrected chi connectivity index (χ3v) is 6.61. The lowest BCUT2D eigenvalue weighted by Crippen LogP contribution is -2.26. The molecule has 7 nitrogen and oxygen atoms in total. The Morgan fingerprint density at radius 1 is 1.38 bits per heavy atom. The summed E-state index contributed by atoms with van der Waals surface area (Å²) in [4.78, 5) is 24.4. The van der Waals surface area contributed by atoms with E-state index >= 15 is 0 Å². The molecule has 0 atom stereocenters. The van der Waals surface area contributed by atoms with Crippen LogP contribution in [0.3, 0.4) is 0 Å². The van der Waals surface area contributed by atoms with Gasteiger partial charge in [-0.25, -0.2) is 8.42 Å². The Morgan fingerprint density at radius 3 is 2.92 bits per heavy atom. The van der Waals surface area contributed by atoms with E-state index in [-0.39, 0.29) is 35.5 Å². The van der Waals surface area contributed by atoms with Gasteiger partial charge < -0.3 is 15.4 Å². The summed E-state index contributed by atoms with van der Waals surface area (Å²) < 4.78 is 30.5. The van der Waals surface area contributed by atoms with E-state index in [0.29, 0.717) is 23.5 Å². The Hall–Kier alpha value is -2.39. The van der Waals surface area contributed by atoms with Gasteiger partial charge in [-0.1, -0.05) is 6.07 Å². The van der Waals surface area contributed by atoms with Crippen LogP contribution in [-0.2, 0) is 26.0 Å². The van der Waals surface area contributed by atoms with Crippen LogP contribution in [0.25, 0.3) is 0 Å². The molecule has 0 aliphatic carbocycles. The van der Waals surface area contributed by atoms with Gasteiger partial charge in [-0.3, -0.25) is 9.59 Å². The maximum atomic E-state index is 12.6. The van der Waals surface area contributed by atoms with Crippen LogP contribution < -0.4 is 15.4 Å². The van der Waals surface area contributed by atoms with Crippen LogP contribution in [0.2, 0.25) is 0 Å². The van der Waals surface area contributed by atoms with Crippen molar-refractivity contribution >= 4 is 38.7 Å². The smallest absolute Gasteiger partial charge is 0.262 e. The van der Waals surface area contributed by atoms with Crippen molar-refractivity contribution in [1.29, 1.82) is 0 Å². The molecule has 1 aromatic heterocycles. The van der Waals surface area contributed by atoms with Crippen molar-refractivity contribution in [2.24, 2.45) is 0 Å². The van der Waals surface area contributed by atoms with Crippen LogP contribution in [0.1, 0.15) is 16.9 Å². The first kappa shape index (κ1) is 18.4. The van der Waals surface area contributed by atoms with Gasteiger partial charge in [-0.05, 0) is 30.0 Å². The molecule has 1 aliphatic rings. The second kappa shape index (κ2) is 7.46. The molecule has 2 heterocycles. The number of aryl methyl sites for hydroxylation is 1. The molecule has 0 bridgehead atoms. The van der Waals surface area contributed by atoms with Crippen LogP contribution in [0.4, 0.5) is 5.69 Å². The van der Waals surface area contributed by atoms with Gasteiger partial charge in [-0.15, -0.1) is 11.3 Å². The van der Waals surface area contributed by atoms with Gasteiger partial charge in [-0.2, -0.15) is 0 Å². The zero-order valence-corrected chi connectivity index (χ0v) is 15.7. The molecule has 1 aromatic carbocycles. The molecule has 9 heteroatoms. The average molecular weight is 394 g/mol. The van der Waals surface area contributed by atoms with Crippen molar-refractivity contribution in [2.75, 3.05) is 17.7 Å². The molecule has 0 fully saturated rings. The Morgan fingerprint density at radius 2 is 2.19 bits per heavy atom. The number of hydrogen-bond acceptors (Lipinski definition) is 6. The molecular formula is C17H18N2O5S2. The van der Waals surface area contributed by atoms with Gasteiger partial charge >= 0.3 is 0 Å². The van der Waals surface area contributed by atoms with Crippen molar-refractivity contribution in [3.8, 4) is 5.75 Å². The van der Waals surface area contributed by atoms with Gasteiger partial charge in [0.05, 0.1) is 22.9 Å². The highest BCUT2D eigenvalue weighted by Crippen LogP contribution is 2.33. The lowest BCUT2D eigenvalue weighted by molar-refractivity contribution is -0.121. The summed E-state index contributed by atoms with van der Waals surface area (Å²) in [5, 5.41) is 7.26. The van der Waals surface area contributed by atoms with Crippen molar-refractivity contribution < 1.29 is 22.7 Å². The number of thiophene rings is 1. The molecule has 0 unspecified atom stereocenters.